The molecule has 6 heteroatoms. The van der Waals surface area contributed by atoms with Gasteiger partial charge < -0.3 is 4.55 Å². The van der Waals surface area contributed by atoms with E-state index in [0.717, 1.165) is 12.0 Å². The molecule has 1 aromatic heterocycles. The van der Waals surface area contributed by atoms with Gasteiger partial charge in [0.2, 0.25) is 6.20 Å². The average molecular weight is 322 g/mol. The molecule has 0 aliphatic rings. The topological polar surface area (TPSA) is 87.1 Å². The first-order chi connectivity index (χ1) is 10.1. The number of aromatic nitrogens is 1. The van der Waals surface area contributed by atoms with Crippen LogP contribution in [0.5, 0.6) is 0 Å². The maximum atomic E-state index is 10.8. The number of nitrogens with zero attached hydrogens (tertiary/aromatic N) is 1. The molecule has 0 amide bonds. The van der Waals surface area contributed by atoms with Crippen LogP contribution in [-0.2, 0) is 16.5 Å². The van der Waals surface area contributed by atoms with E-state index in [0.29, 0.717) is 11.1 Å². The molecule has 0 bridgehead atoms. The number of pyridine rings is 1. The summed E-state index contributed by atoms with van der Waals surface area (Å²) in [7, 11) is -4.33. The van der Waals surface area contributed by atoms with Gasteiger partial charge in [-0.25, -0.2) is 14.3 Å². The van der Waals surface area contributed by atoms with Crippen molar-refractivity contribution in [2.45, 2.75) is 39.0 Å². The molecule has 5 nitrogen and oxygen atoms in total. The Morgan fingerprint density at radius 3 is 2.09 bits per heavy atom. The second-order valence-corrected chi connectivity index (χ2v) is 6.51. The van der Waals surface area contributed by atoms with Crippen molar-refractivity contribution in [3.63, 3.8) is 0 Å². The largest absolute Gasteiger partial charge is 0.744 e. The van der Waals surface area contributed by atoms with E-state index in [1.54, 1.807) is 30.7 Å². The van der Waals surface area contributed by atoms with Gasteiger partial charge in [-0.1, -0.05) is 29.3 Å². The first kappa shape index (κ1) is 18.1. The second kappa shape index (κ2) is 7.38. The molecule has 0 saturated carbocycles. The van der Waals surface area contributed by atoms with Crippen LogP contribution in [0.15, 0.2) is 41.6 Å². The number of rotatable bonds is 2. The highest BCUT2D eigenvalue weighted by atomic mass is 32.2. The normalized spacial score (nSPS) is 10.8. The Kier molecular flexibility index (Phi) is 6.08. The molecule has 0 aliphatic carbocycles. The number of aryl methyl sites for hydroxylation is 4. The van der Waals surface area contributed by atoms with E-state index < -0.39 is 10.1 Å². The molecule has 2 aromatic rings. The van der Waals surface area contributed by atoms with Gasteiger partial charge >= 0.3 is 0 Å². The molecule has 0 radical (unpaired) electrons. The van der Waals surface area contributed by atoms with Gasteiger partial charge in [0, 0.05) is 11.6 Å². The number of benzene rings is 1. The Labute approximate surface area is 132 Å². The van der Waals surface area contributed by atoms with Gasteiger partial charge in [0.15, 0.2) is 6.20 Å². The molecule has 1 aromatic carbocycles. The minimum Gasteiger partial charge on any atom is -0.744 e. The van der Waals surface area contributed by atoms with E-state index in [4.69, 9.17) is 5.84 Å². The smallest absolute Gasteiger partial charge is 0.202 e. The number of hydrogen-bond acceptors (Lipinski definition) is 4. The van der Waals surface area contributed by atoms with Gasteiger partial charge in [-0.2, -0.15) is 0 Å². The highest BCUT2D eigenvalue weighted by Gasteiger charge is 2.09. The Morgan fingerprint density at radius 1 is 1.18 bits per heavy atom. The Balaban J connectivity index is 0.000000235. The van der Waals surface area contributed by atoms with E-state index in [9.17, 15) is 13.0 Å². The molecule has 22 heavy (non-hydrogen) atoms. The molecule has 0 fully saturated rings. The van der Waals surface area contributed by atoms with Crippen LogP contribution in [0.4, 0.5) is 0 Å². The van der Waals surface area contributed by atoms with Crippen molar-refractivity contribution in [1.82, 2.24) is 0 Å². The molecule has 120 valence electrons. The first-order valence-corrected chi connectivity index (χ1v) is 8.35. The Hall–Kier alpha value is -1.92. The first-order valence-electron chi connectivity index (χ1n) is 6.94. The molecule has 1 heterocycles. The SMILES string of the molecule is CCc1ccc[n+](N)c1.Cc1cc(C)c(S(=O)(=O)[O-])c(C)c1. The summed E-state index contributed by atoms with van der Waals surface area (Å²) >= 11 is 0. The molecule has 0 spiro atoms. The van der Waals surface area contributed by atoms with Gasteiger partial charge in [0.05, 0.1) is 4.90 Å². The lowest BCUT2D eigenvalue weighted by atomic mass is 10.1. The summed E-state index contributed by atoms with van der Waals surface area (Å²) in [4.78, 5) is -0.0851. The standard InChI is InChI=1S/C9H12O3S.C7H11N2/c1-6-4-7(2)9(8(3)5-6)13(10,11)12;1-2-7-4-3-5-9(8)6-7/h4-5H,1-3H3,(H,10,11,12);3-6H,2,8H2,1H3/q;+1/p-1. The van der Waals surface area contributed by atoms with Crippen molar-refractivity contribution >= 4 is 10.1 Å². The molecule has 0 aliphatic heterocycles. The monoisotopic (exact) mass is 322 g/mol. The molecular formula is C16H22N2O3S. The highest BCUT2D eigenvalue weighted by Crippen LogP contribution is 2.20. The summed E-state index contributed by atoms with van der Waals surface area (Å²) in [6, 6.07) is 7.39. The number of nitrogen functional groups attached to an aromatic ring is 1. The molecule has 0 unspecified atom stereocenters. The van der Waals surface area contributed by atoms with Crippen molar-refractivity contribution in [2.75, 3.05) is 5.84 Å². The van der Waals surface area contributed by atoms with Gasteiger partial charge in [0.1, 0.15) is 10.1 Å². The summed E-state index contributed by atoms with van der Waals surface area (Å²) in [5.74, 6) is 5.45. The van der Waals surface area contributed by atoms with Crippen LogP contribution in [0.25, 0.3) is 0 Å². The summed E-state index contributed by atoms with van der Waals surface area (Å²) in [5.41, 5.74) is 3.27. The zero-order chi connectivity index (χ0) is 16.9. The molecule has 0 saturated heterocycles. The van der Waals surface area contributed by atoms with Crippen molar-refractivity contribution in [3.05, 3.63) is 58.9 Å². The van der Waals surface area contributed by atoms with Gasteiger partial charge in [0.25, 0.3) is 0 Å². The highest BCUT2D eigenvalue weighted by molar-refractivity contribution is 7.85. The quantitative estimate of drug-likeness (QED) is 0.518. The zero-order valence-electron chi connectivity index (χ0n) is 13.3. The maximum absolute atomic E-state index is 10.8. The number of hydrogen-bond donors (Lipinski definition) is 1. The Morgan fingerprint density at radius 2 is 1.73 bits per heavy atom. The number of nitrogens with two attached hydrogens (primary N) is 1. The average Bonchev–Trinajstić information content (AvgIpc) is 2.36. The Bertz CT molecular complexity index is 733. The molecule has 2 rings (SSSR count). The van der Waals surface area contributed by atoms with Gasteiger partial charge in [-0.3, -0.25) is 0 Å². The van der Waals surface area contributed by atoms with Crippen LogP contribution < -0.4 is 10.5 Å². The second-order valence-electron chi connectivity index (χ2n) is 5.19. The fourth-order valence-corrected chi connectivity index (χ4v) is 3.22. The van der Waals surface area contributed by atoms with Crippen LogP contribution in [-0.4, -0.2) is 13.0 Å². The van der Waals surface area contributed by atoms with Crippen molar-refractivity contribution < 1.29 is 17.6 Å². The van der Waals surface area contributed by atoms with Crippen molar-refractivity contribution in [2.24, 2.45) is 0 Å². The van der Waals surface area contributed by atoms with E-state index in [1.807, 2.05) is 25.4 Å². The van der Waals surface area contributed by atoms with Gasteiger partial charge in [-0.15, -0.1) is 0 Å². The fraction of sp³-hybridized carbons (Fsp3) is 0.312. The van der Waals surface area contributed by atoms with E-state index in [2.05, 4.69) is 13.0 Å². The third kappa shape index (κ3) is 5.13. The van der Waals surface area contributed by atoms with Crippen molar-refractivity contribution in [1.29, 1.82) is 0 Å². The lowest BCUT2D eigenvalue weighted by Gasteiger charge is -2.14. The van der Waals surface area contributed by atoms with Crippen LogP contribution in [0.1, 0.15) is 29.2 Å². The van der Waals surface area contributed by atoms with Crippen LogP contribution >= 0.6 is 0 Å². The summed E-state index contributed by atoms with van der Waals surface area (Å²) in [6.07, 6.45) is 4.78. The fourth-order valence-electron chi connectivity index (χ4n) is 2.31. The van der Waals surface area contributed by atoms with Crippen molar-refractivity contribution in [3.8, 4) is 0 Å². The lowest BCUT2D eigenvalue weighted by Crippen LogP contribution is -2.43. The van der Waals surface area contributed by atoms with Crippen LogP contribution in [0.3, 0.4) is 0 Å². The predicted molar refractivity (Wildman–Crippen MR) is 84.8 cm³/mol. The van der Waals surface area contributed by atoms with E-state index in [-0.39, 0.29) is 4.90 Å². The van der Waals surface area contributed by atoms with E-state index >= 15 is 0 Å². The lowest BCUT2D eigenvalue weighted by molar-refractivity contribution is -0.639. The zero-order valence-corrected chi connectivity index (χ0v) is 14.1. The molecule has 0 atom stereocenters. The third-order valence-electron chi connectivity index (χ3n) is 3.15. The minimum absolute atomic E-state index is 0.0851. The third-order valence-corrected chi connectivity index (χ3v) is 4.29. The van der Waals surface area contributed by atoms with E-state index in [1.165, 1.54) is 5.56 Å². The minimum atomic E-state index is -4.33. The summed E-state index contributed by atoms with van der Waals surface area (Å²) < 4.78 is 34.1. The van der Waals surface area contributed by atoms with Crippen LogP contribution in [0.2, 0.25) is 0 Å². The molecule has 2 N–H and O–H groups in total. The molecular weight excluding hydrogens is 300 g/mol. The summed E-state index contributed by atoms with van der Waals surface area (Å²) in [6.45, 7) is 7.23. The predicted octanol–water partition coefficient (Wildman–Crippen LogP) is 1.77. The summed E-state index contributed by atoms with van der Waals surface area (Å²) in [5, 5.41) is 0. The maximum Gasteiger partial charge on any atom is 0.202 e. The van der Waals surface area contributed by atoms with Crippen LogP contribution in [0, 0.1) is 20.8 Å². The van der Waals surface area contributed by atoms with Gasteiger partial charge in [-0.05, 0) is 44.4 Å².